The van der Waals surface area contributed by atoms with Crippen LogP contribution in [0.5, 0.6) is 5.75 Å². The van der Waals surface area contributed by atoms with Crippen molar-refractivity contribution in [1.29, 1.82) is 5.26 Å². The van der Waals surface area contributed by atoms with Crippen molar-refractivity contribution in [2.24, 2.45) is 0 Å². The van der Waals surface area contributed by atoms with E-state index in [9.17, 15) is 10.1 Å². The molecule has 0 fully saturated rings. The second-order valence-electron chi connectivity index (χ2n) is 4.59. The first kappa shape index (κ1) is 13.9. The molecular weight excluding hydrogens is 258 g/mol. The summed E-state index contributed by atoms with van der Waals surface area (Å²) in [5.74, 6) is 0.665. The molecule has 0 aliphatic carbocycles. The highest BCUT2D eigenvalue weighted by Gasteiger charge is 2.17. The largest absolute Gasteiger partial charge is 0.490 e. The van der Waals surface area contributed by atoms with Crippen molar-refractivity contribution < 1.29 is 9.66 Å². The molecule has 0 saturated carbocycles. The van der Waals surface area contributed by atoms with Crippen LogP contribution in [-0.4, -0.2) is 22.6 Å². The van der Waals surface area contributed by atoms with Crippen LogP contribution in [0.1, 0.15) is 18.9 Å². The van der Waals surface area contributed by atoms with Gasteiger partial charge in [-0.25, -0.2) is 0 Å². The third kappa shape index (κ3) is 2.88. The van der Waals surface area contributed by atoms with E-state index >= 15 is 0 Å². The lowest BCUT2D eigenvalue weighted by Crippen LogP contribution is -2.17. The first-order chi connectivity index (χ1) is 9.63. The zero-order valence-electron chi connectivity index (χ0n) is 11.1. The van der Waals surface area contributed by atoms with Gasteiger partial charge in [-0.2, -0.15) is 5.26 Å². The van der Waals surface area contributed by atoms with E-state index in [0.29, 0.717) is 25.2 Å². The Kier molecular flexibility index (Phi) is 4.20. The van der Waals surface area contributed by atoms with Gasteiger partial charge < -0.3 is 9.72 Å². The van der Waals surface area contributed by atoms with Crippen molar-refractivity contribution >= 4 is 10.9 Å². The van der Waals surface area contributed by atoms with Crippen LogP contribution in [0.25, 0.3) is 10.9 Å². The number of hydrogen-bond acceptors (Lipinski definition) is 4. The topological polar surface area (TPSA) is 92.0 Å². The number of fused-ring (bicyclic) bond motifs is 1. The maximum Gasteiger partial charge on any atom is 0.214 e. The summed E-state index contributed by atoms with van der Waals surface area (Å²) in [4.78, 5) is 13.6. The predicted molar refractivity (Wildman–Crippen MR) is 74.2 cm³/mol. The van der Waals surface area contributed by atoms with Gasteiger partial charge in [-0.3, -0.25) is 10.1 Å². The van der Waals surface area contributed by atoms with E-state index in [0.717, 1.165) is 16.5 Å². The number of nitrogens with one attached hydrogen (secondary N) is 1. The van der Waals surface area contributed by atoms with E-state index in [2.05, 4.69) is 4.98 Å². The SMILES string of the molecule is CC(Cc1c[nH]c2c(OCCC#N)cccc12)[N+](=O)[O-]. The molecule has 0 saturated heterocycles. The van der Waals surface area contributed by atoms with Crippen molar-refractivity contribution in [2.45, 2.75) is 25.8 Å². The Morgan fingerprint density at radius 3 is 3.05 bits per heavy atom. The highest BCUT2D eigenvalue weighted by Crippen LogP contribution is 2.28. The monoisotopic (exact) mass is 273 g/mol. The summed E-state index contributed by atoms with van der Waals surface area (Å²) in [6.07, 6.45) is 2.47. The molecule has 0 spiro atoms. The van der Waals surface area contributed by atoms with Crippen LogP contribution in [0.15, 0.2) is 24.4 Å². The number of H-pyrrole nitrogens is 1. The van der Waals surface area contributed by atoms with Gasteiger partial charge in [0.05, 0.1) is 18.0 Å². The van der Waals surface area contributed by atoms with E-state index in [4.69, 9.17) is 10.00 Å². The Bertz CT molecular complexity index is 657. The van der Waals surface area contributed by atoms with Gasteiger partial charge in [-0.1, -0.05) is 12.1 Å². The number of aromatic amines is 1. The van der Waals surface area contributed by atoms with Crippen LogP contribution in [0, 0.1) is 21.4 Å². The van der Waals surface area contributed by atoms with Crippen molar-refractivity contribution in [3.8, 4) is 11.8 Å². The number of rotatable bonds is 6. The first-order valence-electron chi connectivity index (χ1n) is 6.35. The maximum absolute atomic E-state index is 10.7. The minimum Gasteiger partial charge on any atom is -0.490 e. The van der Waals surface area contributed by atoms with Gasteiger partial charge in [0.15, 0.2) is 0 Å². The van der Waals surface area contributed by atoms with Gasteiger partial charge >= 0.3 is 0 Å². The minimum absolute atomic E-state index is 0.286. The average Bonchev–Trinajstić information content (AvgIpc) is 2.83. The molecule has 1 N–H and O–H groups in total. The first-order valence-corrected chi connectivity index (χ1v) is 6.35. The molecule has 0 amide bonds. The quantitative estimate of drug-likeness (QED) is 0.497. The summed E-state index contributed by atoms with van der Waals surface area (Å²) < 4.78 is 5.54. The second kappa shape index (κ2) is 6.06. The Morgan fingerprint density at radius 2 is 2.35 bits per heavy atom. The van der Waals surface area contributed by atoms with E-state index in [1.807, 2.05) is 24.3 Å². The van der Waals surface area contributed by atoms with E-state index < -0.39 is 6.04 Å². The van der Waals surface area contributed by atoms with Crippen LogP contribution in [0.2, 0.25) is 0 Å². The van der Waals surface area contributed by atoms with Gasteiger partial charge in [0.2, 0.25) is 6.04 Å². The van der Waals surface area contributed by atoms with Crippen LogP contribution < -0.4 is 4.74 Å². The molecule has 0 aliphatic heterocycles. The van der Waals surface area contributed by atoms with Gasteiger partial charge in [0.1, 0.15) is 12.4 Å². The number of aromatic nitrogens is 1. The smallest absolute Gasteiger partial charge is 0.214 e. The number of nitro groups is 1. The summed E-state index contributed by atoms with van der Waals surface area (Å²) in [6, 6.07) is 6.96. The summed E-state index contributed by atoms with van der Waals surface area (Å²) in [6.45, 7) is 1.92. The summed E-state index contributed by atoms with van der Waals surface area (Å²) in [7, 11) is 0. The molecule has 1 aromatic heterocycles. The number of nitriles is 1. The van der Waals surface area contributed by atoms with Crippen LogP contribution in [0.3, 0.4) is 0 Å². The summed E-state index contributed by atoms with van der Waals surface area (Å²) in [5, 5.41) is 20.2. The van der Waals surface area contributed by atoms with Gasteiger partial charge in [0.25, 0.3) is 0 Å². The zero-order valence-corrected chi connectivity index (χ0v) is 11.1. The number of benzene rings is 1. The van der Waals surface area contributed by atoms with Crippen LogP contribution in [-0.2, 0) is 6.42 Å². The molecule has 2 aromatic rings. The lowest BCUT2D eigenvalue weighted by Gasteiger charge is -2.06. The Hall–Kier alpha value is -2.55. The lowest BCUT2D eigenvalue weighted by molar-refractivity contribution is -0.517. The lowest BCUT2D eigenvalue weighted by atomic mass is 10.1. The van der Waals surface area contributed by atoms with Gasteiger partial charge in [-0.15, -0.1) is 0 Å². The van der Waals surface area contributed by atoms with Crippen molar-refractivity contribution in [2.75, 3.05) is 6.61 Å². The normalized spacial score (nSPS) is 12.0. The summed E-state index contributed by atoms with van der Waals surface area (Å²) in [5.41, 5.74) is 1.71. The summed E-state index contributed by atoms with van der Waals surface area (Å²) >= 11 is 0. The molecule has 104 valence electrons. The third-order valence-corrected chi connectivity index (χ3v) is 3.11. The highest BCUT2D eigenvalue weighted by atomic mass is 16.6. The number of hydrogen-bond donors (Lipinski definition) is 1. The zero-order chi connectivity index (χ0) is 14.5. The predicted octanol–water partition coefficient (Wildman–Crippen LogP) is 2.67. The maximum atomic E-state index is 10.7. The molecular formula is C14H15N3O3. The number of para-hydroxylation sites is 1. The van der Waals surface area contributed by atoms with Crippen molar-refractivity contribution in [3.05, 3.63) is 40.1 Å². The van der Waals surface area contributed by atoms with E-state index in [-0.39, 0.29) is 4.92 Å². The van der Waals surface area contributed by atoms with Gasteiger partial charge in [0, 0.05) is 29.9 Å². The van der Waals surface area contributed by atoms with Crippen LogP contribution in [0.4, 0.5) is 0 Å². The average molecular weight is 273 g/mol. The van der Waals surface area contributed by atoms with Gasteiger partial charge in [-0.05, 0) is 11.6 Å². The molecule has 6 nitrogen and oxygen atoms in total. The molecule has 1 atom stereocenters. The molecule has 1 aromatic carbocycles. The third-order valence-electron chi connectivity index (χ3n) is 3.11. The Morgan fingerprint density at radius 1 is 1.55 bits per heavy atom. The fourth-order valence-corrected chi connectivity index (χ4v) is 2.07. The van der Waals surface area contributed by atoms with E-state index in [1.54, 1.807) is 13.1 Å². The standard InChI is InChI=1S/C14H15N3O3/c1-10(17(18)19)8-11-9-16-14-12(11)4-2-5-13(14)20-7-3-6-15/h2,4-5,9-10,16H,3,7-8H2,1H3. The number of ether oxygens (including phenoxy) is 1. The van der Waals surface area contributed by atoms with Crippen molar-refractivity contribution in [1.82, 2.24) is 4.98 Å². The molecule has 6 heteroatoms. The molecule has 0 radical (unpaired) electrons. The molecule has 0 bridgehead atoms. The van der Waals surface area contributed by atoms with Crippen molar-refractivity contribution in [3.63, 3.8) is 0 Å². The molecule has 0 aliphatic rings. The molecule has 1 heterocycles. The molecule has 2 rings (SSSR count). The fraction of sp³-hybridized carbons (Fsp3) is 0.357. The minimum atomic E-state index is -0.628. The molecule has 20 heavy (non-hydrogen) atoms. The Labute approximate surface area is 116 Å². The second-order valence-corrected chi connectivity index (χ2v) is 4.59. The Balaban J connectivity index is 2.25. The van der Waals surface area contributed by atoms with E-state index in [1.165, 1.54) is 0 Å². The van der Waals surface area contributed by atoms with Crippen LogP contribution >= 0.6 is 0 Å². The number of nitrogens with zero attached hydrogens (tertiary/aromatic N) is 2. The molecule has 1 unspecified atom stereocenters. The fourth-order valence-electron chi connectivity index (χ4n) is 2.07. The highest BCUT2D eigenvalue weighted by molar-refractivity contribution is 5.88.